The number of carbonyl (C=O) groups is 1. The van der Waals surface area contributed by atoms with Crippen LogP contribution in [0, 0.1) is 6.92 Å². The van der Waals surface area contributed by atoms with Gasteiger partial charge >= 0.3 is 0 Å². The second-order valence-electron chi connectivity index (χ2n) is 4.57. The van der Waals surface area contributed by atoms with Crippen molar-refractivity contribution in [3.63, 3.8) is 0 Å². The first kappa shape index (κ1) is 14.5. The summed E-state index contributed by atoms with van der Waals surface area (Å²) in [7, 11) is 1.55. The maximum atomic E-state index is 11.9. The molecule has 0 atom stereocenters. The number of rotatable bonds is 3. The van der Waals surface area contributed by atoms with Crippen LogP contribution in [0.4, 0.5) is 0 Å². The predicted molar refractivity (Wildman–Crippen MR) is 83.1 cm³/mol. The number of amides is 1. The molecule has 3 heterocycles. The van der Waals surface area contributed by atoms with Gasteiger partial charge in [-0.1, -0.05) is 0 Å². The lowest BCUT2D eigenvalue weighted by molar-refractivity contribution is 0.0959. The monoisotopic (exact) mass is 361 g/mol. The van der Waals surface area contributed by atoms with E-state index in [1.54, 1.807) is 43.0 Å². The van der Waals surface area contributed by atoms with Gasteiger partial charge in [0.15, 0.2) is 0 Å². The standard InChI is InChI=1S/C14H12BrN5O2/c1-8-5-10(13(21)16-2)14(19-18-8)22-9-3-4-12-11(15)6-17-20(12)7-9/h3-7H,1-2H3,(H,16,21). The second kappa shape index (κ2) is 5.72. The minimum atomic E-state index is -0.282. The van der Waals surface area contributed by atoms with Gasteiger partial charge in [0.25, 0.3) is 11.8 Å². The van der Waals surface area contributed by atoms with E-state index in [0.29, 0.717) is 17.0 Å². The molecular formula is C14H12BrN5O2. The number of aryl methyl sites for hydroxylation is 1. The van der Waals surface area contributed by atoms with Crippen LogP contribution in [0.3, 0.4) is 0 Å². The average molecular weight is 362 g/mol. The molecule has 1 N–H and O–H groups in total. The first-order chi connectivity index (χ1) is 10.6. The number of nitrogens with one attached hydrogen (secondary N) is 1. The number of fused-ring (bicyclic) bond motifs is 1. The Balaban J connectivity index is 1.99. The largest absolute Gasteiger partial charge is 0.435 e. The van der Waals surface area contributed by atoms with Gasteiger partial charge in [-0.2, -0.15) is 10.2 Å². The highest BCUT2D eigenvalue weighted by Crippen LogP contribution is 2.25. The zero-order valence-corrected chi connectivity index (χ0v) is 13.5. The van der Waals surface area contributed by atoms with E-state index in [0.717, 1.165) is 9.99 Å². The average Bonchev–Trinajstić information content (AvgIpc) is 2.89. The third-order valence-corrected chi connectivity index (χ3v) is 3.62. The number of nitrogens with zero attached hydrogens (tertiary/aromatic N) is 4. The first-order valence-electron chi connectivity index (χ1n) is 6.45. The number of hydrogen-bond acceptors (Lipinski definition) is 5. The highest BCUT2D eigenvalue weighted by atomic mass is 79.9. The third kappa shape index (κ3) is 2.64. The molecule has 22 heavy (non-hydrogen) atoms. The molecule has 0 bridgehead atoms. The van der Waals surface area contributed by atoms with Crippen LogP contribution >= 0.6 is 15.9 Å². The van der Waals surface area contributed by atoms with E-state index in [9.17, 15) is 4.79 Å². The molecule has 0 aliphatic carbocycles. The van der Waals surface area contributed by atoms with Crippen molar-refractivity contribution in [2.24, 2.45) is 0 Å². The molecule has 3 aromatic rings. The molecule has 0 spiro atoms. The van der Waals surface area contributed by atoms with Gasteiger partial charge < -0.3 is 10.1 Å². The minimum Gasteiger partial charge on any atom is -0.435 e. The topological polar surface area (TPSA) is 81.4 Å². The van der Waals surface area contributed by atoms with Crippen LogP contribution in [-0.4, -0.2) is 32.8 Å². The maximum Gasteiger partial charge on any atom is 0.256 e. The Morgan fingerprint density at radius 3 is 2.95 bits per heavy atom. The van der Waals surface area contributed by atoms with E-state index in [4.69, 9.17) is 4.74 Å². The fraction of sp³-hybridized carbons (Fsp3) is 0.143. The molecule has 0 aromatic carbocycles. The second-order valence-corrected chi connectivity index (χ2v) is 5.43. The molecule has 3 aromatic heterocycles. The van der Waals surface area contributed by atoms with E-state index in [1.165, 1.54) is 0 Å². The van der Waals surface area contributed by atoms with Crippen LogP contribution in [-0.2, 0) is 0 Å². The lowest BCUT2D eigenvalue weighted by Crippen LogP contribution is -2.19. The number of aromatic nitrogens is 4. The van der Waals surface area contributed by atoms with Gasteiger partial charge in [-0.05, 0) is 41.1 Å². The summed E-state index contributed by atoms with van der Waals surface area (Å²) >= 11 is 3.41. The van der Waals surface area contributed by atoms with Gasteiger partial charge in [0.1, 0.15) is 11.3 Å². The molecule has 0 saturated heterocycles. The van der Waals surface area contributed by atoms with Gasteiger partial charge in [0, 0.05) is 7.05 Å². The Morgan fingerprint density at radius 2 is 2.18 bits per heavy atom. The number of halogens is 1. The molecule has 112 valence electrons. The van der Waals surface area contributed by atoms with Crippen LogP contribution in [0.2, 0.25) is 0 Å². The van der Waals surface area contributed by atoms with E-state index in [1.807, 2.05) is 6.07 Å². The van der Waals surface area contributed by atoms with Crippen LogP contribution < -0.4 is 10.1 Å². The van der Waals surface area contributed by atoms with Gasteiger partial charge in [-0.25, -0.2) is 4.52 Å². The van der Waals surface area contributed by atoms with Crippen molar-refractivity contribution >= 4 is 27.4 Å². The molecule has 3 rings (SSSR count). The van der Waals surface area contributed by atoms with Crippen LogP contribution in [0.1, 0.15) is 16.1 Å². The van der Waals surface area contributed by atoms with Gasteiger partial charge in [-0.15, -0.1) is 5.10 Å². The molecule has 0 unspecified atom stereocenters. The zero-order valence-electron chi connectivity index (χ0n) is 11.9. The molecule has 0 fully saturated rings. The Labute approximate surface area is 134 Å². The van der Waals surface area contributed by atoms with Gasteiger partial charge in [-0.3, -0.25) is 4.79 Å². The van der Waals surface area contributed by atoms with Crippen molar-refractivity contribution in [3.8, 4) is 11.6 Å². The highest BCUT2D eigenvalue weighted by Gasteiger charge is 2.15. The lowest BCUT2D eigenvalue weighted by Gasteiger charge is -2.09. The highest BCUT2D eigenvalue weighted by molar-refractivity contribution is 9.10. The van der Waals surface area contributed by atoms with Crippen molar-refractivity contribution in [1.29, 1.82) is 0 Å². The van der Waals surface area contributed by atoms with Crippen molar-refractivity contribution in [1.82, 2.24) is 25.1 Å². The smallest absolute Gasteiger partial charge is 0.256 e. The van der Waals surface area contributed by atoms with E-state index in [-0.39, 0.29) is 11.8 Å². The molecule has 7 nitrogen and oxygen atoms in total. The van der Waals surface area contributed by atoms with Gasteiger partial charge in [0.2, 0.25) is 0 Å². The minimum absolute atomic E-state index is 0.149. The van der Waals surface area contributed by atoms with Crippen LogP contribution in [0.15, 0.2) is 35.1 Å². The first-order valence-corrected chi connectivity index (χ1v) is 7.25. The molecular weight excluding hydrogens is 350 g/mol. The Hall–Kier alpha value is -2.48. The van der Waals surface area contributed by atoms with E-state index < -0.39 is 0 Å². The molecule has 0 radical (unpaired) electrons. The third-order valence-electron chi connectivity index (χ3n) is 3.01. The number of hydrogen-bond donors (Lipinski definition) is 1. The Bertz CT molecular complexity index is 862. The molecule has 8 heteroatoms. The summed E-state index contributed by atoms with van der Waals surface area (Å²) in [6.07, 6.45) is 3.40. The van der Waals surface area contributed by atoms with Crippen LogP contribution in [0.5, 0.6) is 11.6 Å². The number of pyridine rings is 1. The van der Waals surface area contributed by atoms with Crippen molar-refractivity contribution in [2.75, 3.05) is 7.05 Å². The lowest BCUT2D eigenvalue weighted by atomic mass is 10.2. The summed E-state index contributed by atoms with van der Waals surface area (Å²) in [5, 5.41) is 14.6. The number of ether oxygens (including phenoxy) is 1. The summed E-state index contributed by atoms with van der Waals surface area (Å²) in [5.41, 5.74) is 1.88. The van der Waals surface area contributed by atoms with Crippen molar-refractivity contribution < 1.29 is 9.53 Å². The van der Waals surface area contributed by atoms with Gasteiger partial charge in [0.05, 0.1) is 28.1 Å². The summed E-state index contributed by atoms with van der Waals surface area (Å²) < 4.78 is 8.25. The Kier molecular flexibility index (Phi) is 3.76. The number of carbonyl (C=O) groups excluding carboxylic acids is 1. The van der Waals surface area contributed by atoms with Crippen LogP contribution in [0.25, 0.3) is 5.52 Å². The summed E-state index contributed by atoms with van der Waals surface area (Å²) in [4.78, 5) is 11.9. The molecule has 0 saturated carbocycles. The van der Waals surface area contributed by atoms with E-state index in [2.05, 4.69) is 36.5 Å². The molecule has 0 aliphatic rings. The molecule has 1 amide bonds. The maximum absolute atomic E-state index is 11.9. The quantitative estimate of drug-likeness (QED) is 0.774. The molecule has 0 aliphatic heterocycles. The fourth-order valence-electron chi connectivity index (χ4n) is 1.96. The van der Waals surface area contributed by atoms with Crippen molar-refractivity contribution in [3.05, 3.63) is 46.3 Å². The zero-order chi connectivity index (χ0) is 15.7. The predicted octanol–water partition coefficient (Wildman–Crippen LogP) is 2.35. The fourth-order valence-corrected chi connectivity index (χ4v) is 2.36. The van der Waals surface area contributed by atoms with Crippen molar-refractivity contribution in [2.45, 2.75) is 6.92 Å². The van der Waals surface area contributed by atoms with E-state index >= 15 is 0 Å². The summed E-state index contributed by atoms with van der Waals surface area (Å²) in [5.74, 6) is 0.373. The summed E-state index contributed by atoms with van der Waals surface area (Å²) in [6, 6.07) is 5.26. The SMILES string of the molecule is CNC(=O)c1cc(C)nnc1Oc1ccc2c(Br)cnn2c1. The summed E-state index contributed by atoms with van der Waals surface area (Å²) in [6.45, 7) is 1.76. The Morgan fingerprint density at radius 1 is 1.36 bits per heavy atom. The normalized spacial score (nSPS) is 10.7.